The van der Waals surface area contributed by atoms with Crippen LogP contribution in [0.3, 0.4) is 0 Å². The Balaban J connectivity index is 1.39. The number of β-amino-alcohol motifs (C(OH)–C–C–N with tert-alkyl or cyclic N) is 1. The fourth-order valence-corrected chi connectivity index (χ4v) is 4.79. The molecule has 39 heavy (non-hydrogen) atoms. The van der Waals surface area contributed by atoms with Crippen LogP contribution < -0.4 is 16.2 Å². The minimum atomic E-state index is -1.43. The second-order valence-electron chi connectivity index (χ2n) is 9.49. The zero-order chi connectivity index (χ0) is 27.6. The predicted octanol–water partition coefficient (Wildman–Crippen LogP) is 4.33. The number of carbonyl (C=O) groups excluding carboxylic acids is 2. The molecule has 2 aromatic heterocycles. The molecule has 0 spiro atoms. The van der Waals surface area contributed by atoms with Crippen LogP contribution in [0.5, 0.6) is 0 Å². The molecule has 198 valence electrons. The minimum Gasteiger partial charge on any atom is -0.383 e. The predicted molar refractivity (Wildman–Crippen MR) is 149 cm³/mol. The second-order valence-corrected chi connectivity index (χ2v) is 9.92. The molecule has 1 fully saturated rings. The Hall–Kier alpha value is -4.47. The van der Waals surface area contributed by atoms with Crippen molar-refractivity contribution in [1.82, 2.24) is 14.5 Å². The van der Waals surface area contributed by atoms with Gasteiger partial charge in [-0.15, -0.1) is 0 Å². The van der Waals surface area contributed by atoms with Gasteiger partial charge in [-0.25, -0.2) is 9.78 Å². The molecule has 9 nitrogen and oxygen atoms in total. The summed E-state index contributed by atoms with van der Waals surface area (Å²) in [4.78, 5) is 44.5. The van der Waals surface area contributed by atoms with Crippen LogP contribution >= 0.6 is 11.6 Å². The number of likely N-dealkylation sites (tertiary alicyclic amines) is 1. The van der Waals surface area contributed by atoms with Crippen LogP contribution in [-0.4, -0.2) is 44.1 Å². The van der Waals surface area contributed by atoms with E-state index < -0.39 is 23.6 Å². The van der Waals surface area contributed by atoms with Crippen molar-refractivity contribution < 1.29 is 14.7 Å². The van der Waals surface area contributed by atoms with Crippen molar-refractivity contribution in [3.8, 4) is 5.69 Å². The number of urea groups is 1. The van der Waals surface area contributed by atoms with E-state index in [1.165, 1.54) is 21.7 Å². The molecule has 0 radical (unpaired) electrons. The van der Waals surface area contributed by atoms with Crippen molar-refractivity contribution >= 4 is 35.0 Å². The van der Waals surface area contributed by atoms with Crippen molar-refractivity contribution in [3.05, 3.63) is 118 Å². The molecule has 0 saturated carbocycles. The lowest BCUT2D eigenvalue weighted by Crippen LogP contribution is -2.45. The van der Waals surface area contributed by atoms with Crippen molar-refractivity contribution in [1.29, 1.82) is 0 Å². The van der Waals surface area contributed by atoms with E-state index in [0.717, 1.165) is 5.56 Å². The molecule has 10 heteroatoms. The largest absolute Gasteiger partial charge is 0.383 e. The molecule has 2 atom stereocenters. The first-order valence-corrected chi connectivity index (χ1v) is 12.7. The van der Waals surface area contributed by atoms with Gasteiger partial charge in [-0.3, -0.25) is 14.2 Å². The summed E-state index contributed by atoms with van der Waals surface area (Å²) in [5.74, 6) is -0.251. The van der Waals surface area contributed by atoms with Gasteiger partial charge in [0, 0.05) is 29.4 Å². The van der Waals surface area contributed by atoms with E-state index in [-0.39, 0.29) is 24.3 Å². The first-order chi connectivity index (χ1) is 18.7. The lowest BCUT2D eigenvalue weighted by molar-refractivity contribution is -0.119. The van der Waals surface area contributed by atoms with Gasteiger partial charge in [0.25, 0.3) is 5.56 Å². The lowest BCUT2D eigenvalue weighted by Gasteiger charge is -2.25. The van der Waals surface area contributed by atoms with Crippen molar-refractivity contribution in [2.75, 3.05) is 17.2 Å². The first-order valence-electron chi connectivity index (χ1n) is 12.3. The summed E-state index contributed by atoms with van der Waals surface area (Å²) < 4.78 is 1.43. The highest BCUT2D eigenvalue weighted by molar-refractivity contribution is 6.30. The Kier molecular flexibility index (Phi) is 7.19. The SMILES string of the molecule is Cc1cccc([C@@]2(O)C[C@H](C(=O)Nc3ccc(-n4ccccc4=O)cn3)N(C(=O)Nc3ccc(Cl)cc3)C2)c1. The Bertz CT molecular complexity index is 1570. The van der Waals surface area contributed by atoms with E-state index in [9.17, 15) is 19.5 Å². The lowest BCUT2D eigenvalue weighted by atomic mass is 9.90. The summed E-state index contributed by atoms with van der Waals surface area (Å²) in [6.07, 6.45) is 3.09. The molecule has 3 N–H and O–H groups in total. The highest BCUT2D eigenvalue weighted by Crippen LogP contribution is 2.37. The van der Waals surface area contributed by atoms with Gasteiger partial charge < -0.3 is 20.6 Å². The summed E-state index contributed by atoms with van der Waals surface area (Å²) in [5, 5.41) is 17.7. The van der Waals surface area contributed by atoms with E-state index in [0.29, 0.717) is 22.0 Å². The number of aromatic nitrogens is 2. The number of pyridine rings is 2. The maximum Gasteiger partial charge on any atom is 0.322 e. The van der Waals surface area contributed by atoms with Crippen LogP contribution in [0.25, 0.3) is 5.69 Å². The van der Waals surface area contributed by atoms with Crippen molar-refractivity contribution in [3.63, 3.8) is 0 Å². The molecule has 1 aliphatic rings. The summed E-state index contributed by atoms with van der Waals surface area (Å²) in [5.41, 5.74) is 0.975. The van der Waals surface area contributed by atoms with E-state index in [1.807, 2.05) is 25.1 Å². The fourth-order valence-electron chi connectivity index (χ4n) is 4.66. The number of benzene rings is 2. The molecule has 3 heterocycles. The topological polar surface area (TPSA) is 117 Å². The molecule has 0 aliphatic carbocycles. The van der Waals surface area contributed by atoms with Crippen LogP contribution in [0.4, 0.5) is 16.3 Å². The third kappa shape index (κ3) is 5.69. The number of hydrogen-bond donors (Lipinski definition) is 3. The number of carbonyl (C=O) groups is 2. The van der Waals surface area contributed by atoms with Gasteiger partial charge in [0.2, 0.25) is 5.91 Å². The highest BCUT2D eigenvalue weighted by Gasteiger charge is 2.49. The monoisotopic (exact) mass is 543 g/mol. The van der Waals surface area contributed by atoms with Crippen molar-refractivity contribution in [2.24, 2.45) is 0 Å². The molecule has 1 aliphatic heterocycles. The quantitative estimate of drug-likeness (QED) is 0.346. The average Bonchev–Trinajstić information content (AvgIpc) is 3.30. The Labute approximate surface area is 229 Å². The van der Waals surface area contributed by atoms with E-state index in [1.54, 1.807) is 60.8 Å². The number of rotatable bonds is 5. The van der Waals surface area contributed by atoms with Crippen LogP contribution in [-0.2, 0) is 10.4 Å². The molecule has 1 saturated heterocycles. The number of amides is 3. The number of halogens is 1. The second kappa shape index (κ2) is 10.7. The maximum absolute atomic E-state index is 13.5. The van der Waals surface area contributed by atoms with E-state index in [4.69, 9.17) is 11.6 Å². The zero-order valence-electron chi connectivity index (χ0n) is 21.0. The van der Waals surface area contributed by atoms with Gasteiger partial charge in [0.1, 0.15) is 17.5 Å². The molecule has 2 aromatic carbocycles. The standard InChI is InChI=1S/C29H26ClN5O4/c1-19-5-4-6-20(15-19)29(39)16-24(35(18-29)28(38)32-22-10-8-21(30)9-11-22)27(37)33-25-13-12-23(17-31-25)34-14-3-2-7-26(34)36/h2-15,17,24,39H,16,18H2,1H3,(H,32,38)(H,31,33,37)/t24-,29-/m1/s1. The third-order valence-electron chi connectivity index (χ3n) is 6.65. The van der Waals surface area contributed by atoms with Gasteiger partial charge >= 0.3 is 6.03 Å². The van der Waals surface area contributed by atoms with Gasteiger partial charge in [0.05, 0.1) is 18.4 Å². The molecular weight excluding hydrogens is 518 g/mol. The molecular formula is C29H26ClN5O4. The summed E-state index contributed by atoms with van der Waals surface area (Å²) in [7, 11) is 0. The van der Waals surface area contributed by atoms with E-state index >= 15 is 0 Å². The third-order valence-corrected chi connectivity index (χ3v) is 6.91. The number of anilines is 2. The molecule has 4 aromatic rings. The fraction of sp³-hybridized carbons (Fsp3) is 0.172. The van der Waals surface area contributed by atoms with Crippen molar-refractivity contribution in [2.45, 2.75) is 25.0 Å². The van der Waals surface area contributed by atoms with Crippen LogP contribution in [0, 0.1) is 6.92 Å². The molecule has 3 amide bonds. The maximum atomic E-state index is 13.5. The number of nitrogens with zero attached hydrogens (tertiary/aromatic N) is 3. The van der Waals surface area contributed by atoms with Crippen LogP contribution in [0.2, 0.25) is 5.02 Å². The number of nitrogens with one attached hydrogen (secondary N) is 2. The summed E-state index contributed by atoms with van der Waals surface area (Å²) >= 11 is 5.96. The van der Waals surface area contributed by atoms with Crippen LogP contribution in [0.1, 0.15) is 17.5 Å². The Morgan fingerprint density at radius 1 is 1.03 bits per heavy atom. The minimum absolute atomic E-state index is 0.00613. The van der Waals surface area contributed by atoms with Gasteiger partial charge in [0.15, 0.2) is 0 Å². The highest BCUT2D eigenvalue weighted by atomic mass is 35.5. The normalized spacial score (nSPS) is 18.5. The zero-order valence-corrected chi connectivity index (χ0v) is 21.8. The molecule has 0 bridgehead atoms. The number of aryl methyl sites for hydroxylation is 1. The Morgan fingerprint density at radius 3 is 2.51 bits per heavy atom. The molecule has 5 rings (SSSR count). The van der Waals surface area contributed by atoms with Gasteiger partial charge in [-0.05, 0) is 55.0 Å². The summed E-state index contributed by atoms with van der Waals surface area (Å²) in [6, 6.07) is 20.5. The smallest absolute Gasteiger partial charge is 0.322 e. The van der Waals surface area contributed by atoms with Crippen LogP contribution in [0.15, 0.2) is 96.1 Å². The Morgan fingerprint density at radius 2 is 1.82 bits per heavy atom. The molecule has 0 unspecified atom stereocenters. The first kappa shape index (κ1) is 26.1. The van der Waals surface area contributed by atoms with Gasteiger partial charge in [-0.2, -0.15) is 0 Å². The van der Waals surface area contributed by atoms with Gasteiger partial charge in [-0.1, -0.05) is 47.5 Å². The van der Waals surface area contributed by atoms with E-state index in [2.05, 4.69) is 15.6 Å². The average molecular weight is 544 g/mol. The number of hydrogen-bond acceptors (Lipinski definition) is 5. The number of aliphatic hydroxyl groups is 1. The summed E-state index contributed by atoms with van der Waals surface area (Å²) in [6.45, 7) is 1.83.